The van der Waals surface area contributed by atoms with Crippen LogP contribution in [-0.4, -0.2) is 29.3 Å². The fourth-order valence-electron chi connectivity index (χ4n) is 1.48. The van der Waals surface area contributed by atoms with E-state index < -0.39 is 23.7 Å². The molecule has 0 radical (unpaired) electrons. The number of aliphatic carboxylic acids is 1. The van der Waals surface area contributed by atoms with Crippen molar-refractivity contribution >= 4 is 5.97 Å². The van der Waals surface area contributed by atoms with Gasteiger partial charge in [-0.2, -0.15) is 0 Å². The molecule has 0 heterocycles. The molecule has 0 saturated carbocycles. The number of carboxylic acid groups (broad SMARTS) is 1. The SMILES string of the molecule is O=C(O)CCCNCC(O)c1cc(F)ccc1F. The minimum atomic E-state index is -1.16. The zero-order chi connectivity index (χ0) is 13.5. The van der Waals surface area contributed by atoms with Crippen molar-refractivity contribution in [3.05, 3.63) is 35.4 Å². The summed E-state index contributed by atoms with van der Waals surface area (Å²) in [4.78, 5) is 10.2. The predicted octanol–water partition coefficient (Wildman–Crippen LogP) is 1.45. The van der Waals surface area contributed by atoms with Gasteiger partial charge in [0.25, 0.3) is 0 Å². The number of hydrogen-bond acceptors (Lipinski definition) is 3. The van der Waals surface area contributed by atoms with Crippen molar-refractivity contribution in [3.8, 4) is 0 Å². The highest BCUT2D eigenvalue weighted by Crippen LogP contribution is 2.17. The Balaban J connectivity index is 2.38. The van der Waals surface area contributed by atoms with Crippen LogP contribution in [0.2, 0.25) is 0 Å². The molecule has 3 N–H and O–H groups in total. The first-order valence-corrected chi connectivity index (χ1v) is 5.56. The molecule has 1 unspecified atom stereocenters. The van der Waals surface area contributed by atoms with Gasteiger partial charge in [-0.15, -0.1) is 0 Å². The Labute approximate surface area is 103 Å². The van der Waals surface area contributed by atoms with Gasteiger partial charge in [0.05, 0.1) is 6.10 Å². The Morgan fingerprint density at radius 1 is 1.39 bits per heavy atom. The molecule has 0 spiro atoms. The second kappa shape index (κ2) is 7.03. The van der Waals surface area contributed by atoms with Crippen molar-refractivity contribution in [2.24, 2.45) is 0 Å². The monoisotopic (exact) mass is 259 g/mol. The summed E-state index contributed by atoms with van der Waals surface area (Å²) in [5.41, 5.74) is -0.110. The molecule has 1 aromatic carbocycles. The van der Waals surface area contributed by atoms with E-state index in [2.05, 4.69) is 5.32 Å². The van der Waals surface area contributed by atoms with Crippen molar-refractivity contribution in [1.82, 2.24) is 5.32 Å². The smallest absolute Gasteiger partial charge is 0.303 e. The van der Waals surface area contributed by atoms with Crippen molar-refractivity contribution in [1.29, 1.82) is 0 Å². The first kappa shape index (κ1) is 14.5. The molecule has 0 aliphatic heterocycles. The number of rotatable bonds is 7. The van der Waals surface area contributed by atoms with Crippen LogP contribution in [0.4, 0.5) is 8.78 Å². The van der Waals surface area contributed by atoms with Crippen LogP contribution >= 0.6 is 0 Å². The molecule has 1 rings (SSSR count). The van der Waals surface area contributed by atoms with Crippen molar-refractivity contribution in [3.63, 3.8) is 0 Å². The quantitative estimate of drug-likeness (QED) is 0.648. The predicted molar refractivity (Wildman–Crippen MR) is 61.1 cm³/mol. The Bertz CT molecular complexity index is 412. The highest BCUT2D eigenvalue weighted by atomic mass is 19.1. The lowest BCUT2D eigenvalue weighted by Crippen LogP contribution is -2.23. The molecule has 6 heteroatoms. The fourth-order valence-corrected chi connectivity index (χ4v) is 1.48. The van der Waals surface area contributed by atoms with Crippen LogP contribution in [0.5, 0.6) is 0 Å². The van der Waals surface area contributed by atoms with Gasteiger partial charge in [-0.1, -0.05) is 0 Å². The van der Waals surface area contributed by atoms with Crippen molar-refractivity contribution in [2.75, 3.05) is 13.1 Å². The molecular formula is C12H15F2NO3. The number of halogens is 2. The second-order valence-electron chi connectivity index (χ2n) is 3.88. The van der Waals surface area contributed by atoms with E-state index in [9.17, 15) is 18.7 Å². The number of hydrogen-bond donors (Lipinski definition) is 3. The maximum atomic E-state index is 13.3. The standard InChI is InChI=1S/C12H15F2NO3/c13-8-3-4-10(14)9(6-8)11(16)7-15-5-1-2-12(17)18/h3-4,6,11,15-16H,1-2,5,7H2,(H,17,18). The summed E-state index contributed by atoms with van der Waals surface area (Å²) in [5, 5.41) is 20.8. The van der Waals surface area contributed by atoms with Crippen LogP contribution in [0.3, 0.4) is 0 Å². The lowest BCUT2D eigenvalue weighted by Gasteiger charge is -2.12. The van der Waals surface area contributed by atoms with Gasteiger partial charge in [0.15, 0.2) is 0 Å². The van der Waals surface area contributed by atoms with Crippen LogP contribution < -0.4 is 5.32 Å². The number of nitrogens with one attached hydrogen (secondary N) is 1. The van der Waals surface area contributed by atoms with Gasteiger partial charge in [-0.05, 0) is 31.2 Å². The summed E-state index contributed by atoms with van der Waals surface area (Å²) >= 11 is 0. The second-order valence-corrected chi connectivity index (χ2v) is 3.88. The fraction of sp³-hybridized carbons (Fsp3) is 0.417. The largest absolute Gasteiger partial charge is 0.481 e. The van der Waals surface area contributed by atoms with Crippen LogP contribution in [0.1, 0.15) is 24.5 Å². The Morgan fingerprint density at radius 3 is 2.78 bits per heavy atom. The van der Waals surface area contributed by atoms with E-state index in [4.69, 9.17) is 5.11 Å². The topological polar surface area (TPSA) is 69.6 Å². The summed E-state index contributed by atoms with van der Waals surface area (Å²) in [5.74, 6) is -2.18. The highest BCUT2D eigenvalue weighted by Gasteiger charge is 2.13. The molecule has 0 aliphatic carbocycles. The summed E-state index contributed by atoms with van der Waals surface area (Å²) < 4.78 is 26.1. The molecule has 0 aromatic heterocycles. The van der Waals surface area contributed by atoms with E-state index in [0.717, 1.165) is 18.2 Å². The molecule has 1 atom stereocenters. The molecule has 18 heavy (non-hydrogen) atoms. The molecule has 0 saturated heterocycles. The van der Waals surface area contributed by atoms with Gasteiger partial charge in [-0.3, -0.25) is 4.79 Å². The van der Waals surface area contributed by atoms with Gasteiger partial charge >= 0.3 is 5.97 Å². The van der Waals surface area contributed by atoms with Crippen molar-refractivity contribution < 1.29 is 23.8 Å². The molecule has 0 bridgehead atoms. The maximum Gasteiger partial charge on any atom is 0.303 e. The Morgan fingerprint density at radius 2 is 2.11 bits per heavy atom. The third-order valence-corrected chi connectivity index (χ3v) is 2.40. The third kappa shape index (κ3) is 4.77. The van der Waals surface area contributed by atoms with E-state index in [1.807, 2.05) is 0 Å². The Kier molecular flexibility index (Phi) is 5.67. The molecule has 4 nitrogen and oxygen atoms in total. The minimum Gasteiger partial charge on any atom is -0.481 e. The lowest BCUT2D eigenvalue weighted by atomic mass is 10.1. The van der Waals surface area contributed by atoms with E-state index in [0.29, 0.717) is 13.0 Å². The third-order valence-electron chi connectivity index (χ3n) is 2.40. The van der Waals surface area contributed by atoms with Crippen LogP contribution in [0, 0.1) is 11.6 Å². The number of benzene rings is 1. The van der Waals surface area contributed by atoms with Gasteiger partial charge < -0.3 is 15.5 Å². The molecule has 0 aliphatic rings. The molecule has 100 valence electrons. The summed E-state index contributed by atoms with van der Waals surface area (Å²) in [6.45, 7) is 0.431. The number of aliphatic hydroxyl groups excluding tert-OH is 1. The molecule has 0 amide bonds. The molecular weight excluding hydrogens is 244 g/mol. The van der Waals surface area contributed by atoms with Crippen LogP contribution in [-0.2, 0) is 4.79 Å². The first-order chi connectivity index (χ1) is 8.50. The highest BCUT2D eigenvalue weighted by molar-refractivity contribution is 5.66. The van der Waals surface area contributed by atoms with Gasteiger partial charge in [0.2, 0.25) is 0 Å². The van der Waals surface area contributed by atoms with Gasteiger partial charge in [0.1, 0.15) is 11.6 Å². The van der Waals surface area contributed by atoms with E-state index in [-0.39, 0.29) is 18.5 Å². The van der Waals surface area contributed by atoms with Crippen molar-refractivity contribution in [2.45, 2.75) is 18.9 Å². The zero-order valence-corrected chi connectivity index (χ0v) is 9.70. The number of aliphatic hydroxyl groups is 1. The van der Waals surface area contributed by atoms with E-state index in [1.165, 1.54) is 0 Å². The Hall–Kier alpha value is -1.53. The average molecular weight is 259 g/mol. The van der Waals surface area contributed by atoms with Gasteiger partial charge in [0, 0.05) is 18.5 Å². The van der Waals surface area contributed by atoms with Crippen LogP contribution in [0.15, 0.2) is 18.2 Å². The lowest BCUT2D eigenvalue weighted by molar-refractivity contribution is -0.137. The minimum absolute atomic E-state index is 0.0252. The van der Waals surface area contributed by atoms with Gasteiger partial charge in [-0.25, -0.2) is 8.78 Å². The summed E-state index contributed by atoms with van der Waals surface area (Å²) in [7, 11) is 0. The molecule has 1 aromatic rings. The van der Waals surface area contributed by atoms with Crippen LogP contribution in [0.25, 0.3) is 0 Å². The maximum absolute atomic E-state index is 13.3. The molecule has 0 fully saturated rings. The van der Waals surface area contributed by atoms with E-state index >= 15 is 0 Å². The zero-order valence-electron chi connectivity index (χ0n) is 9.70. The average Bonchev–Trinajstić information content (AvgIpc) is 2.31. The summed E-state index contributed by atoms with van der Waals surface area (Å²) in [6.07, 6.45) is -0.726. The summed E-state index contributed by atoms with van der Waals surface area (Å²) in [6, 6.07) is 2.88. The first-order valence-electron chi connectivity index (χ1n) is 5.56. The number of carboxylic acids is 1. The normalized spacial score (nSPS) is 12.4. The number of carbonyl (C=O) groups is 1. The van der Waals surface area contributed by atoms with E-state index in [1.54, 1.807) is 0 Å².